The summed E-state index contributed by atoms with van der Waals surface area (Å²) in [5, 5.41) is 10.3. The van der Waals surface area contributed by atoms with Crippen molar-refractivity contribution in [1.29, 1.82) is 0 Å². The van der Waals surface area contributed by atoms with E-state index in [1.807, 2.05) is 28.7 Å². The van der Waals surface area contributed by atoms with Gasteiger partial charge < -0.3 is 9.64 Å². The zero-order valence-corrected chi connectivity index (χ0v) is 21.0. The molecule has 0 spiro atoms. The van der Waals surface area contributed by atoms with E-state index in [0.717, 1.165) is 32.7 Å². The zero-order valence-electron chi connectivity index (χ0n) is 19.4. The molecule has 0 aliphatic carbocycles. The first-order valence-electron chi connectivity index (χ1n) is 10.9. The van der Waals surface area contributed by atoms with Crippen LogP contribution in [0, 0.1) is 19.7 Å². The highest BCUT2D eigenvalue weighted by molar-refractivity contribution is 7.99. The first kappa shape index (κ1) is 23.3. The number of rotatable bonds is 7. The molecule has 0 bridgehead atoms. The van der Waals surface area contributed by atoms with Crippen molar-refractivity contribution in [3.05, 3.63) is 76.7 Å². The van der Waals surface area contributed by atoms with Gasteiger partial charge in [-0.15, -0.1) is 21.5 Å². The molecule has 0 saturated carbocycles. The van der Waals surface area contributed by atoms with Gasteiger partial charge in [-0.3, -0.25) is 9.20 Å². The number of amides is 1. The fourth-order valence-corrected chi connectivity index (χ4v) is 5.56. The number of benzene rings is 2. The van der Waals surface area contributed by atoms with Crippen LogP contribution in [0.25, 0.3) is 15.9 Å². The van der Waals surface area contributed by atoms with Crippen molar-refractivity contribution in [2.75, 3.05) is 17.8 Å². The van der Waals surface area contributed by atoms with Crippen LogP contribution in [0.2, 0.25) is 0 Å². The number of nitrogens with zero attached hydrogens (tertiary/aromatic N) is 5. The summed E-state index contributed by atoms with van der Waals surface area (Å²) in [5.41, 5.74) is 3.42. The maximum atomic E-state index is 13.5. The second-order valence-electron chi connectivity index (χ2n) is 7.98. The van der Waals surface area contributed by atoms with Gasteiger partial charge in [0.15, 0.2) is 10.8 Å². The molecule has 0 saturated heterocycles. The fourth-order valence-electron chi connectivity index (χ4n) is 3.79. The standard InChI is InChI=1S/C25H22FN5O2S2/c1-15-16(2)35-24-22(15)23-28-29-25(31(23)14-27-24)34-13-21(32)30(19-8-6-18(26)7-9-19)12-17-4-10-20(33-3)11-5-17/h4-11,14H,12-13H2,1-3H3. The van der Waals surface area contributed by atoms with Gasteiger partial charge in [0.05, 0.1) is 24.8 Å². The highest BCUT2D eigenvalue weighted by Crippen LogP contribution is 2.32. The number of carbonyl (C=O) groups is 1. The van der Waals surface area contributed by atoms with Crippen molar-refractivity contribution in [2.45, 2.75) is 25.5 Å². The van der Waals surface area contributed by atoms with E-state index in [4.69, 9.17) is 4.74 Å². The van der Waals surface area contributed by atoms with Gasteiger partial charge in [-0.25, -0.2) is 9.37 Å². The number of fused-ring (bicyclic) bond motifs is 3. The number of anilines is 1. The molecule has 7 nitrogen and oxygen atoms in total. The lowest BCUT2D eigenvalue weighted by atomic mass is 10.2. The van der Waals surface area contributed by atoms with Crippen molar-refractivity contribution >= 4 is 50.6 Å². The van der Waals surface area contributed by atoms with Crippen LogP contribution in [0.15, 0.2) is 60.0 Å². The largest absolute Gasteiger partial charge is 0.497 e. The van der Waals surface area contributed by atoms with E-state index in [0.29, 0.717) is 17.4 Å². The summed E-state index contributed by atoms with van der Waals surface area (Å²) in [7, 11) is 1.61. The van der Waals surface area contributed by atoms with Gasteiger partial charge >= 0.3 is 0 Å². The second-order valence-corrected chi connectivity index (χ2v) is 10.1. The van der Waals surface area contributed by atoms with Crippen LogP contribution in [0.4, 0.5) is 10.1 Å². The molecule has 0 aliphatic heterocycles. The normalized spacial score (nSPS) is 11.3. The van der Waals surface area contributed by atoms with Gasteiger partial charge in [-0.05, 0) is 61.4 Å². The minimum atomic E-state index is -0.354. The maximum Gasteiger partial charge on any atom is 0.237 e. The van der Waals surface area contributed by atoms with Crippen molar-refractivity contribution in [1.82, 2.24) is 19.6 Å². The molecule has 0 aliphatic rings. The summed E-state index contributed by atoms with van der Waals surface area (Å²) in [5.74, 6) is 0.383. The highest BCUT2D eigenvalue weighted by Gasteiger charge is 2.20. The molecular weight excluding hydrogens is 485 g/mol. The number of hydrogen-bond donors (Lipinski definition) is 0. The third-order valence-electron chi connectivity index (χ3n) is 5.81. The number of carbonyl (C=O) groups excluding carboxylic acids is 1. The van der Waals surface area contributed by atoms with E-state index in [2.05, 4.69) is 29.0 Å². The molecule has 1 amide bonds. The van der Waals surface area contributed by atoms with Crippen LogP contribution in [-0.4, -0.2) is 38.4 Å². The van der Waals surface area contributed by atoms with Gasteiger partial charge in [0.25, 0.3) is 0 Å². The molecule has 0 radical (unpaired) electrons. The van der Waals surface area contributed by atoms with E-state index < -0.39 is 0 Å². The Bertz CT molecular complexity index is 1510. The van der Waals surface area contributed by atoms with Gasteiger partial charge in [-0.2, -0.15) is 0 Å². The molecule has 3 heterocycles. The molecular formula is C25H22FN5O2S2. The molecule has 3 aromatic heterocycles. The predicted octanol–water partition coefficient (Wildman–Crippen LogP) is 5.43. The molecule has 2 aromatic carbocycles. The minimum Gasteiger partial charge on any atom is -0.497 e. The fraction of sp³-hybridized carbons (Fsp3) is 0.200. The van der Waals surface area contributed by atoms with Crippen molar-refractivity contribution in [3.8, 4) is 5.75 Å². The van der Waals surface area contributed by atoms with Gasteiger partial charge in [0.2, 0.25) is 5.91 Å². The SMILES string of the molecule is COc1ccc(CN(C(=O)CSc2nnc3c4c(C)c(C)sc4ncn23)c2ccc(F)cc2)cc1. The topological polar surface area (TPSA) is 72.6 Å². The Morgan fingerprint density at radius 2 is 1.86 bits per heavy atom. The lowest BCUT2D eigenvalue weighted by Gasteiger charge is -2.23. The molecule has 5 rings (SSSR count). The van der Waals surface area contributed by atoms with Crippen LogP contribution >= 0.6 is 23.1 Å². The van der Waals surface area contributed by atoms with Crippen molar-refractivity contribution < 1.29 is 13.9 Å². The molecule has 178 valence electrons. The number of aromatic nitrogens is 4. The summed E-state index contributed by atoms with van der Waals surface area (Å²) < 4.78 is 20.6. The predicted molar refractivity (Wildman–Crippen MR) is 137 cm³/mol. The maximum absolute atomic E-state index is 13.5. The van der Waals surface area contributed by atoms with Crippen LogP contribution in [0.1, 0.15) is 16.0 Å². The van der Waals surface area contributed by atoms with Crippen molar-refractivity contribution in [3.63, 3.8) is 0 Å². The highest BCUT2D eigenvalue weighted by atomic mass is 32.2. The Hall–Kier alpha value is -3.50. The van der Waals surface area contributed by atoms with E-state index in [-0.39, 0.29) is 17.5 Å². The lowest BCUT2D eigenvalue weighted by molar-refractivity contribution is -0.116. The quantitative estimate of drug-likeness (QED) is 0.274. The van der Waals surface area contributed by atoms with Gasteiger partial charge in [-0.1, -0.05) is 23.9 Å². The summed E-state index contributed by atoms with van der Waals surface area (Å²) in [6.07, 6.45) is 1.70. The third-order valence-corrected chi connectivity index (χ3v) is 7.85. The Kier molecular flexibility index (Phi) is 6.40. The monoisotopic (exact) mass is 507 g/mol. The summed E-state index contributed by atoms with van der Waals surface area (Å²) in [4.78, 5) is 21.7. The van der Waals surface area contributed by atoms with Crippen LogP contribution < -0.4 is 9.64 Å². The van der Waals surface area contributed by atoms with Gasteiger partial charge in [0.1, 0.15) is 22.7 Å². The first-order chi connectivity index (χ1) is 16.9. The van der Waals surface area contributed by atoms with Crippen LogP contribution in [-0.2, 0) is 11.3 Å². The Morgan fingerprint density at radius 3 is 2.57 bits per heavy atom. The molecule has 5 aromatic rings. The van der Waals surface area contributed by atoms with Crippen LogP contribution in [0.5, 0.6) is 5.75 Å². The summed E-state index contributed by atoms with van der Waals surface area (Å²) in [6, 6.07) is 13.4. The zero-order chi connectivity index (χ0) is 24.5. The molecule has 0 fully saturated rings. The third kappa shape index (κ3) is 4.59. The smallest absolute Gasteiger partial charge is 0.237 e. The van der Waals surface area contributed by atoms with Gasteiger partial charge in [0, 0.05) is 10.6 Å². The average molecular weight is 508 g/mol. The molecule has 0 atom stereocenters. The van der Waals surface area contributed by atoms with E-state index in [1.165, 1.54) is 28.8 Å². The average Bonchev–Trinajstić information content (AvgIpc) is 3.41. The molecule has 0 N–H and O–H groups in total. The molecule has 35 heavy (non-hydrogen) atoms. The summed E-state index contributed by atoms with van der Waals surface area (Å²) in [6.45, 7) is 4.46. The van der Waals surface area contributed by atoms with E-state index >= 15 is 0 Å². The number of halogens is 1. The van der Waals surface area contributed by atoms with E-state index in [1.54, 1.807) is 41.8 Å². The summed E-state index contributed by atoms with van der Waals surface area (Å²) >= 11 is 2.93. The number of hydrogen-bond acceptors (Lipinski definition) is 7. The Balaban J connectivity index is 1.40. The number of ether oxygens (including phenoxy) is 1. The Morgan fingerprint density at radius 1 is 1.11 bits per heavy atom. The van der Waals surface area contributed by atoms with E-state index in [9.17, 15) is 9.18 Å². The number of thioether (sulfide) groups is 1. The second kappa shape index (κ2) is 9.63. The minimum absolute atomic E-state index is 0.133. The number of thiophene rings is 1. The van der Waals surface area contributed by atoms with Crippen molar-refractivity contribution in [2.24, 2.45) is 0 Å². The lowest BCUT2D eigenvalue weighted by Crippen LogP contribution is -2.32. The Labute approximate surface area is 209 Å². The number of aryl methyl sites for hydroxylation is 2. The number of methoxy groups -OCH3 is 1. The van der Waals surface area contributed by atoms with Crippen LogP contribution in [0.3, 0.4) is 0 Å². The molecule has 10 heteroatoms. The molecule has 0 unspecified atom stereocenters. The first-order valence-corrected chi connectivity index (χ1v) is 12.7.